The minimum Gasteiger partial charge on any atom is -0.385 e. The van der Waals surface area contributed by atoms with E-state index < -0.39 is 9.84 Å². The summed E-state index contributed by atoms with van der Waals surface area (Å²) >= 11 is 0. The number of aryl methyl sites for hydroxylation is 1. The maximum Gasteiger partial charge on any atom is 0.175 e. The first-order valence-electron chi connectivity index (χ1n) is 5.14. The Kier molecular flexibility index (Phi) is 2.69. The topological polar surface area (TPSA) is 46.2 Å². The Bertz CT molecular complexity index is 465. The molecule has 2 rings (SSSR count). The van der Waals surface area contributed by atoms with Gasteiger partial charge in [-0.1, -0.05) is 6.07 Å². The van der Waals surface area contributed by atoms with Crippen molar-refractivity contribution in [2.45, 2.75) is 24.2 Å². The quantitative estimate of drug-likeness (QED) is 0.793. The standard InChI is InChI=1S/C11H15NO2S/c1-15(13,14)10-6-5-9-4-2-3-7-12-11(9)8-10/h5-6,8,12H,2-4,7H2,1H3. The molecule has 0 amide bonds. The second-order valence-electron chi connectivity index (χ2n) is 3.98. The molecule has 0 bridgehead atoms. The molecule has 0 saturated heterocycles. The van der Waals surface area contributed by atoms with Gasteiger partial charge in [0.1, 0.15) is 0 Å². The van der Waals surface area contributed by atoms with E-state index in [9.17, 15) is 8.42 Å². The second kappa shape index (κ2) is 3.85. The van der Waals surface area contributed by atoms with Crippen LogP contribution in [-0.4, -0.2) is 21.2 Å². The minimum absolute atomic E-state index is 0.399. The molecule has 1 aromatic rings. The second-order valence-corrected chi connectivity index (χ2v) is 5.99. The van der Waals surface area contributed by atoms with Crippen LogP contribution in [0.5, 0.6) is 0 Å². The zero-order chi connectivity index (χ0) is 10.9. The first kappa shape index (κ1) is 10.5. The molecule has 0 atom stereocenters. The molecule has 1 aliphatic rings. The largest absolute Gasteiger partial charge is 0.385 e. The highest BCUT2D eigenvalue weighted by Gasteiger charge is 2.12. The summed E-state index contributed by atoms with van der Waals surface area (Å²) in [5, 5.41) is 3.27. The molecular weight excluding hydrogens is 210 g/mol. The summed E-state index contributed by atoms with van der Waals surface area (Å²) in [5.41, 5.74) is 2.20. The molecule has 82 valence electrons. The fourth-order valence-corrected chi connectivity index (χ4v) is 2.48. The van der Waals surface area contributed by atoms with Gasteiger partial charge in [0.25, 0.3) is 0 Å². The molecule has 15 heavy (non-hydrogen) atoms. The van der Waals surface area contributed by atoms with E-state index in [0.717, 1.165) is 31.5 Å². The lowest BCUT2D eigenvalue weighted by molar-refractivity contribution is 0.602. The predicted molar refractivity (Wildman–Crippen MR) is 61.0 cm³/mol. The Morgan fingerprint density at radius 1 is 1.27 bits per heavy atom. The molecule has 1 N–H and O–H groups in total. The van der Waals surface area contributed by atoms with Gasteiger partial charge in [-0.2, -0.15) is 0 Å². The predicted octanol–water partition coefficient (Wildman–Crippen LogP) is 1.84. The van der Waals surface area contributed by atoms with Crippen LogP contribution in [0, 0.1) is 0 Å². The smallest absolute Gasteiger partial charge is 0.175 e. The molecule has 4 heteroatoms. The van der Waals surface area contributed by atoms with Crippen molar-refractivity contribution >= 4 is 15.5 Å². The van der Waals surface area contributed by atoms with Gasteiger partial charge in [-0.05, 0) is 37.0 Å². The lowest BCUT2D eigenvalue weighted by Crippen LogP contribution is -2.02. The molecule has 0 aromatic heterocycles. The zero-order valence-corrected chi connectivity index (χ0v) is 9.60. The van der Waals surface area contributed by atoms with Crippen LogP contribution in [-0.2, 0) is 16.3 Å². The van der Waals surface area contributed by atoms with Crippen molar-refractivity contribution in [1.82, 2.24) is 0 Å². The summed E-state index contributed by atoms with van der Waals surface area (Å²) in [6.45, 7) is 0.931. The normalized spacial score (nSPS) is 16.3. The molecule has 0 unspecified atom stereocenters. The molecule has 0 spiro atoms. The molecule has 1 aliphatic heterocycles. The molecule has 3 nitrogen and oxygen atoms in total. The van der Waals surface area contributed by atoms with E-state index in [4.69, 9.17) is 0 Å². The van der Waals surface area contributed by atoms with Gasteiger partial charge in [0.05, 0.1) is 4.90 Å². The summed E-state index contributed by atoms with van der Waals surface area (Å²) in [6.07, 6.45) is 4.58. The average molecular weight is 225 g/mol. The number of anilines is 1. The number of benzene rings is 1. The number of sulfone groups is 1. The zero-order valence-electron chi connectivity index (χ0n) is 8.79. The van der Waals surface area contributed by atoms with Gasteiger partial charge >= 0.3 is 0 Å². The van der Waals surface area contributed by atoms with Gasteiger partial charge in [0.2, 0.25) is 0 Å². The van der Waals surface area contributed by atoms with E-state index in [1.54, 1.807) is 12.1 Å². The summed E-state index contributed by atoms with van der Waals surface area (Å²) < 4.78 is 22.8. The highest BCUT2D eigenvalue weighted by molar-refractivity contribution is 7.90. The van der Waals surface area contributed by atoms with Crippen LogP contribution in [0.1, 0.15) is 18.4 Å². The Hall–Kier alpha value is -1.03. The summed E-state index contributed by atoms with van der Waals surface area (Å²) in [6, 6.07) is 5.36. The average Bonchev–Trinajstić information content (AvgIpc) is 2.39. The van der Waals surface area contributed by atoms with Crippen LogP contribution in [0.2, 0.25) is 0 Å². The highest BCUT2D eigenvalue weighted by Crippen LogP contribution is 2.24. The van der Waals surface area contributed by atoms with E-state index in [1.165, 1.54) is 11.8 Å². The number of hydrogen-bond acceptors (Lipinski definition) is 3. The summed E-state index contributed by atoms with van der Waals surface area (Å²) in [4.78, 5) is 0.399. The first-order valence-corrected chi connectivity index (χ1v) is 7.03. The first-order chi connectivity index (χ1) is 7.07. The summed E-state index contributed by atoms with van der Waals surface area (Å²) in [7, 11) is -3.09. The van der Waals surface area contributed by atoms with Gasteiger partial charge in [0.15, 0.2) is 9.84 Å². The van der Waals surface area contributed by atoms with Crippen molar-refractivity contribution in [3.63, 3.8) is 0 Å². The van der Waals surface area contributed by atoms with E-state index in [1.807, 2.05) is 6.07 Å². The monoisotopic (exact) mass is 225 g/mol. The van der Waals surface area contributed by atoms with E-state index in [-0.39, 0.29) is 0 Å². The molecule has 0 saturated carbocycles. The van der Waals surface area contributed by atoms with E-state index >= 15 is 0 Å². The molecule has 1 aromatic carbocycles. The van der Waals surface area contributed by atoms with Crippen molar-refractivity contribution in [3.05, 3.63) is 23.8 Å². The Morgan fingerprint density at radius 3 is 2.80 bits per heavy atom. The maximum atomic E-state index is 11.4. The maximum absolute atomic E-state index is 11.4. The number of fused-ring (bicyclic) bond motifs is 1. The van der Waals surface area contributed by atoms with Crippen molar-refractivity contribution in [2.24, 2.45) is 0 Å². The molecular formula is C11H15NO2S. The van der Waals surface area contributed by atoms with Gasteiger partial charge < -0.3 is 5.32 Å². The van der Waals surface area contributed by atoms with E-state index in [0.29, 0.717) is 4.90 Å². The van der Waals surface area contributed by atoms with Crippen LogP contribution in [0.25, 0.3) is 0 Å². The lowest BCUT2D eigenvalue weighted by Gasteiger charge is -2.08. The fourth-order valence-electron chi connectivity index (χ4n) is 1.83. The van der Waals surface area contributed by atoms with Gasteiger partial charge in [-0.25, -0.2) is 8.42 Å². The molecule has 0 aliphatic carbocycles. The molecule has 1 heterocycles. The number of rotatable bonds is 1. The van der Waals surface area contributed by atoms with Crippen LogP contribution in [0.3, 0.4) is 0 Å². The Labute approximate surface area is 90.4 Å². The molecule has 0 radical (unpaired) electrons. The Morgan fingerprint density at radius 2 is 2.07 bits per heavy atom. The van der Waals surface area contributed by atoms with Gasteiger partial charge in [-0.3, -0.25) is 0 Å². The third-order valence-corrected chi connectivity index (χ3v) is 3.81. The van der Waals surface area contributed by atoms with Crippen LogP contribution >= 0.6 is 0 Å². The Balaban J connectivity index is 2.45. The fraction of sp³-hybridized carbons (Fsp3) is 0.455. The van der Waals surface area contributed by atoms with Crippen molar-refractivity contribution in [3.8, 4) is 0 Å². The summed E-state index contributed by atoms with van der Waals surface area (Å²) in [5.74, 6) is 0. The SMILES string of the molecule is CS(=O)(=O)c1ccc2c(c1)NCCCC2. The van der Waals surface area contributed by atoms with Gasteiger partial charge in [-0.15, -0.1) is 0 Å². The number of nitrogens with one attached hydrogen (secondary N) is 1. The van der Waals surface area contributed by atoms with Crippen LogP contribution in [0.4, 0.5) is 5.69 Å². The number of hydrogen-bond donors (Lipinski definition) is 1. The minimum atomic E-state index is -3.09. The van der Waals surface area contributed by atoms with E-state index in [2.05, 4.69) is 5.32 Å². The van der Waals surface area contributed by atoms with Crippen LogP contribution in [0.15, 0.2) is 23.1 Å². The third kappa shape index (κ3) is 2.31. The third-order valence-electron chi connectivity index (χ3n) is 2.70. The van der Waals surface area contributed by atoms with Crippen molar-refractivity contribution in [2.75, 3.05) is 18.1 Å². The lowest BCUT2D eigenvalue weighted by atomic mass is 10.1. The highest BCUT2D eigenvalue weighted by atomic mass is 32.2. The van der Waals surface area contributed by atoms with Crippen LogP contribution < -0.4 is 5.32 Å². The van der Waals surface area contributed by atoms with Crippen molar-refractivity contribution in [1.29, 1.82) is 0 Å². The van der Waals surface area contributed by atoms with Gasteiger partial charge in [0, 0.05) is 18.5 Å². The molecule has 0 fully saturated rings. The van der Waals surface area contributed by atoms with Crippen molar-refractivity contribution < 1.29 is 8.42 Å².